The molecule has 2 atom stereocenters. The number of carbonyl (C=O) groups is 1. The van der Waals surface area contributed by atoms with Gasteiger partial charge in [-0.15, -0.1) is 0 Å². The first-order chi connectivity index (χ1) is 16.9. The molecular formula is C26H23BrClN5O2. The van der Waals surface area contributed by atoms with Crippen LogP contribution >= 0.6 is 27.5 Å². The number of pyridine rings is 1. The van der Waals surface area contributed by atoms with Crippen molar-refractivity contribution in [1.82, 2.24) is 19.7 Å². The third-order valence-corrected chi connectivity index (χ3v) is 6.69. The first kappa shape index (κ1) is 23.5. The van der Waals surface area contributed by atoms with Gasteiger partial charge in [0.15, 0.2) is 6.23 Å². The molecule has 3 heterocycles. The minimum atomic E-state index is -0.594. The summed E-state index contributed by atoms with van der Waals surface area (Å²) in [6.45, 7) is 2.27. The van der Waals surface area contributed by atoms with E-state index in [0.29, 0.717) is 35.1 Å². The lowest BCUT2D eigenvalue weighted by Crippen LogP contribution is -2.32. The summed E-state index contributed by atoms with van der Waals surface area (Å²) in [5.74, 6) is -0.0585. The molecule has 1 amide bonds. The van der Waals surface area contributed by atoms with E-state index in [2.05, 4.69) is 20.9 Å². The number of aromatic nitrogens is 3. The Balaban J connectivity index is 1.53. The van der Waals surface area contributed by atoms with Crippen LogP contribution in [0.3, 0.4) is 0 Å². The highest BCUT2D eigenvalue weighted by Crippen LogP contribution is 2.37. The van der Waals surface area contributed by atoms with E-state index in [-0.39, 0.29) is 5.91 Å². The predicted octanol–water partition coefficient (Wildman–Crippen LogP) is 5.42. The van der Waals surface area contributed by atoms with Gasteiger partial charge in [0.25, 0.3) is 5.91 Å². The average molecular weight is 553 g/mol. The van der Waals surface area contributed by atoms with Crippen LogP contribution in [-0.2, 0) is 16.0 Å². The Morgan fingerprint density at radius 1 is 1.09 bits per heavy atom. The molecule has 5 rings (SSSR count). The van der Waals surface area contributed by atoms with E-state index in [1.165, 1.54) is 0 Å². The molecule has 0 bridgehead atoms. The normalized spacial score (nSPS) is 17.8. The summed E-state index contributed by atoms with van der Waals surface area (Å²) in [5, 5.41) is 5.37. The Morgan fingerprint density at radius 3 is 2.51 bits per heavy atom. The van der Waals surface area contributed by atoms with Crippen molar-refractivity contribution in [3.8, 4) is 17.1 Å². The molecule has 0 aliphatic carbocycles. The standard InChI is InChI=1S/C26H23BrClN5O2/c1-16-25(34)32(13-12-17-2-7-20(29)8-3-17)26(35-16)22-15-33(21-9-4-18(27)5-10-21)31-24(22)23-11-6-19(28)14-30-23/h2-11,14-16,26H,12-13,29H2,1H3/t16-,26-/m0/s1. The van der Waals surface area contributed by atoms with E-state index in [1.807, 2.05) is 60.8 Å². The highest BCUT2D eigenvalue weighted by molar-refractivity contribution is 9.10. The lowest BCUT2D eigenvalue weighted by Gasteiger charge is -2.23. The molecule has 2 aromatic heterocycles. The number of amides is 1. The van der Waals surface area contributed by atoms with Gasteiger partial charge >= 0.3 is 0 Å². The van der Waals surface area contributed by atoms with Gasteiger partial charge in [-0.1, -0.05) is 39.7 Å². The van der Waals surface area contributed by atoms with Crippen LogP contribution in [0.25, 0.3) is 17.1 Å². The van der Waals surface area contributed by atoms with Crippen molar-refractivity contribution >= 4 is 39.1 Å². The van der Waals surface area contributed by atoms with E-state index in [4.69, 9.17) is 27.2 Å². The van der Waals surface area contributed by atoms with E-state index in [0.717, 1.165) is 21.3 Å². The number of nitrogens with zero attached hydrogens (tertiary/aromatic N) is 4. The lowest BCUT2D eigenvalue weighted by atomic mass is 10.1. The molecule has 0 unspecified atom stereocenters. The number of nitrogen functional groups attached to an aromatic ring is 1. The smallest absolute Gasteiger partial charge is 0.253 e. The van der Waals surface area contributed by atoms with Gasteiger partial charge in [0.1, 0.15) is 11.8 Å². The molecule has 178 valence electrons. The summed E-state index contributed by atoms with van der Waals surface area (Å²) in [5.41, 5.74) is 10.5. The second-order valence-electron chi connectivity index (χ2n) is 8.37. The number of nitrogens with two attached hydrogens (primary N) is 1. The SMILES string of the molecule is C[C@@H]1O[C@@H](c2cn(-c3ccc(Br)cc3)nc2-c2ccc(Cl)cn2)N(CCc2ccc(N)cc2)C1=O. The van der Waals surface area contributed by atoms with Crippen molar-refractivity contribution in [2.75, 3.05) is 12.3 Å². The molecule has 7 nitrogen and oxygen atoms in total. The number of hydrogen-bond acceptors (Lipinski definition) is 5. The van der Waals surface area contributed by atoms with Crippen molar-refractivity contribution in [1.29, 1.82) is 0 Å². The van der Waals surface area contributed by atoms with Crippen LogP contribution in [0, 0.1) is 0 Å². The number of anilines is 1. The van der Waals surface area contributed by atoms with E-state index in [9.17, 15) is 4.79 Å². The molecule has 1 aliphatic rings. The topological polar surface area (TPSA) is 86.3 Å². The Morgan fingerprint density at radius 2 is 1.83 bits per heavy atom. The van der Waals surface area contributed by atoms with Gasteiger partial charge in [0.05, 0.1) is 16.4 Å². The van der Waals surface area contributed by atoms with Crippen LogP contribution in [0.15, 0.2) is 77.5 Å². The van der Waals surface area contributed by atoms with E-state index in [1.54, 1.807) is 28.8 Å². The van der Waals surface area contributed by atoms with Crippen molar-refractivity contribution in [2.45, 2.75) is 25.7 Å². The Bertz CT molecular complexity index is 1340. The predicted molar refractivity (Wildman–Crippen MR) is 139 cm³/mol. The fraction of sp³-hybridized carbons (Fsp3) is 0.192. The summed E-state index contributed by atoms with van der Waals surface area (Å²) in [6.07, 6.45) is 3.01. The Kier molecular flexibility index (Phi) is 6.60. The molecule has 2 aromatic carbocycles. The zero-order chi connectivity index (χ0) is 24.5. The number of hydrogen-bond donors (Lipinski definition) is 1. The number of rotatable bonds is 6. The highest BCUT2D eigenvalue weighted by Gasteiger charge is 2.40. The molecule has 0 spiro atoms. The molecule has 4 aromatic rings. The fourth-order valence-corrected chi connectivity index (χ4v) is 4.46. The third kappa shape index (κ3) is 4.96. The molecule has 2 N–H and O–H groups in total. The van der Waals surface area contributed by atoms with Crippen LogP contribution in [0.4, 0.5) is 5.69 Å². The zero-order valence-electron chi connectivity index (χ0n) is 18.9. The van der Waals surface area contributed by atoms with Crippen LogP contribution in [0.5, 0.6) is 0 Å². The van der Waals surface area contributed by atoms with Gasteiger partial charge in [-0.05, 0) is 67.4 Å². The average Bonchev–Trinajstić information content (AvgIpc) is 3.41. The highest BCUT2D eigenvalue weighted by atomic mass is 79.9. The van der Waals surface area contributed by atoms with Gasteiger partial charge in [0, 0.05) is 34.7 Å². The van der Waals surface area contributed by atoms with Crippen LogP contribution in [0.1, 0.15) is 24.3 Å². The van der Waals surface area contributed by atoms with Gasteiger partial charge in [-0.25, -0.2) is 4.68 Å². The van der Waals surface area contributed by atoms with E-state index >= 15 is 0 Å². The summed E-state index contributed by atoms with van der Waals surface area (Å²) >= 11 is 9.55. The Labute approximate surface area is 216 Å². The van der Waals surface area contributed by atoms with Crippen molar-refractivity contribution in [3.63, 3.8) is 0 Å². The van der Waals surface area contributed by atoms with Crippen molar-refractivity contribution in [3.05, 3.63) is 93.7 Å². The largest absolute Gasteiger partial charge is 0.399 e. The molecule has 1 aliphatic heterocycles. The second-order valence-corrected chi connectivity index (χ2v) is 9.72. The molecule has 0 saturated carbocycles. The number of ether oxygens (including phenoxy) is 1. The molecule has 1 fully saturated rings. The van der Waals surface area contributed by atoms with Gasteiger partial charge < -0.3 is 15.4 Å². The molecule has 1 saturated heterocycles. The van der Waals surface area contributed by atoms with Crippen LogP contribution in [-0.4, -0.2) is 38.2 Å². The quantitative estimate of drug-likeness (QED) is 0.323. The van der Waals surface area contributed by atoms with Crippen molar-refractivity contribution in [2.24, 2.45) is 0 Å². The van der Waals surface area contributed by atoms with Gasteiger partial charge in [0.2, 0.25) is 0 Å². The number of carbonyl (C=O) groups excluding carboxylic acids is 1. The fourth-order valence-electron chi connectivity index (χ4n) is 4.09. The molecule has 0 radical (unpaired) electrons. The zero-order valence-corrected chi connectivity index (χ0v) is 21.3. The minimum absolute atomic E-state index is 0.0585. The third-order valence-electron chi connectivity index (χ3n) is 5.94. The number of benzene rings is 2. The monoisotopic (exact) mass is 551 g/mol. The van der Waals surface area contributed by atoms with E-state index < -0.39 is 12.3 Å². The van der Waals surface area contributed by atoms with Crippen molar-refractivity contribution < 1.29 is 9.53 Å². The molecular weight excluding hydrogens is 530 g/mol. The Hall–Kier alpha value is -3.20. The summed E-state index contributed by atoms with van der Waals surface area (Å²) in [4.78, 5) is 19.3. The first-order valence-electron chi connectivity index (χ1n) is 11.2. The summed E-state index contributed by atoms with van der Waals surface area (Å²) < 4.78 is 8.93. The molecule has 35 heavy (non-hydrogen) atoms. The summed E-state index contributed by atoms with van der Waals surface area (Å²) in [6, 6.07) is 19.1. The molecule has 9 heteroatoms. The first-order valence-corrected chi connectivity index (χ1v) is 12.3. The maximum absolute atomic E-state index is 13.1. The van der Waals surface area contributed by atoms with Crippen LogP contribution < -0.4 is 5.73 Å². The minimum Gasteiger partial charge on any atom is -0.399 e. The van der Waals surface area contributed by atoms with Gasteiger partial charge in [-0.2, -0.15) is 5.10 Å². The maximum Gasteiger partial charge on any atom is 0.253 e. The lowest BCUT2D eigenvalue weighted by molar-refractivity contribution is -0.130. The summed E-state index contributed by atoms with van der Waals surface area (Å²) in [7, 11) is 0. The van der Waals surface area contributed by atoms with Crippen LogP contribution in [0.2, 0.25) is 5.02 Å². The number of halogens is 2. The maximum atomic E-state index is 13.1. The van der Waals surface area contributed by atoms with Gasteiger partial charge in [-0.3, -0.25) is 9.78 Å². The second kappa shape index (κ2) is 9.81.